The first-order chi connectivity index (χ1) is 13.2. The number of nitrogens with one attached hydrogen (secondary N) is 1. The Bertz CT molecular complexity index is 736. The molecule has 7 nitrogen and oxygen atoms in total. The highest BCUT2D eigenvalue weighted by Gasteiger charge is 2.13. The molecule has 0 radical (unpaired) electrons. The van der Waals surface area contributed by atoms with Crippen LogP contribution in [0.15, 0.2) is 41.7 Å². The van der Waals surface area contributed by atoms with Crippen molar-refractivity contribution in [1.82, 2.24) is 15.3 Å². The third kappa shape index (κ3) is 6.11. The first kappa shape index (κ1) is 19.4. The number of methoxy groups -OCH3 is 1. The number of nitrogens with zero attached hydrogens (tertiary/aromatic N) is 3. The lowest BCUT2D eigenvalue weighted by molar-refractivity contribution is -0.118. The summed E-state index contributed by atoms with van der Waals surface area (Å²) in [5.74, 6) is 2.05. The molecule has 3 rings (SSSR count). The normalized spacial score (nSPS) is 14.0. The summed E-state index contributed by atoms with van der Waals surface area (Å²) in [4.78, 5) is 22.8. The van der Waals surface area contributed by atoms with Crippen LogP contribution in [0.2, 0.25) is 0 Å². The van der Waals surface area contributed by atoms with Crippen molar-refractivity contribution in [2.24, 2.45) is 0 Å². The average molecular weight is 388 g/mol. The molecule has 1 aromatic carbocycles. The molecule has 8 heteroatoms. The molecule has 0 spiro atoms. The summed E-state index contributed by atoms with van der Waals surface area (Å²) in [5, 5.41) is 3.75. The van der Waals surface area contributed by atoms with Gasteiger partial charge in [-0.25, -0.2) is 9.97 Å². The van der Waals surface area contributed by atoms with Crippen molar-refractivity contribution in [3.63, 3.8) is 0 Å². The molecule has 1 fully saturated rings. The Morgan fingerprint density at radius 2 is 2.04 bits per heavy atom. The van der Waals surface area contributed by atoms with Gasteiger partial charge in [-0.05, 0) is 24.1 Å². The summed E-state index contributed by atoms with van der Waals surface area (Å²) < 4.78 is 10.5. The molecule has 1 amide bonds. The van der Waals surface area contributed by atoms with Crippen molar-refractivity contribution in [2.75, 3.05) is 50.6 Å². The Kier molecular flexibility index (Phi) is 7.29. The van der Waals surface area contributed by atoms with Crippen LogP contribution in [-0.4, -0.2) is 61.6 Å². The van der Waals surface area contributed by atoms with Crippen LogP contribution < -0.4 is 15.0 Å². The topological polar surface area (TPSA) is 76.6 Å². The van der Waals surface area contributed by atoms with Crippen LogP contribution in [0.4, 0.5) is 5.82 Å². The van der Waals surface area contributed by atoms with E-state index in [4.69, 9.17) is 9.47 Å². The first-order valence-corrected chi connectivity index (χ1v) is 9.90. The maximum Gasteiger partial charge on any atom is 0.230 e. The zero-order valence-corrected chi connectivity index (χ0v) is 16.2. The van der Waals surface area contributed by atoms with Crippen LogP contribution in [0.3, 0.4) is 0 Å². The molecule has 0 unspecified atom stereocenters. The van der Waals surface area contributed by atoms with E-state index >= 15 is 0 Å². The minimum Gasteiger partial charge on any atom is -0.497 e. The van der Waals surface area contributed by atoms with Crippen molar-refractivity contribution in [1.29, 1.82) is 0 Å². The van der Waals surface area contributed by atoms with E-state index in [0.717, 1.165) is 41.7 Å². The SMILES string of the molecule is COc1ccc(CCNC(=O)CSc2cc(N3CCOCC3)ncn2)cc1. The second-order valence-corrected chi connectivity index (χ2v) is 7.05. The fraction of sp³-hybridized carbons (Fsp3) is 0.421. The molecular weight excluding hydrogens is 364 g/mol. The second-order valence-electron chi connectivity index (χ2n) is 6.05. The number of morpholine rings is 1. The fourth-order valence-corrected chi connectivity index (χ4v) is 3.39. The van der Waals surface area contributed by atoms with E-state index in [1.54, 1.807) is 13.4 Å². The number of ether oxygens (including phenoxy) is 2. The van der Waals surface area contributed by atoms with Gasteiger partial charge in [0, 0.05) is 25.7 Å². The van der Waals surface area contributed by atoms with Gasteiger partial charge in [-0.3, -0.25) is 4.79 Å². The number of aromatic nitrogens is 2. The third-order valence-corrected chi connectivity index (χ3v) is 5.13. The molecule has 0 bridgehead atoms. The van der Waals surface area contributed by atoms with Crippen LogP contribution in [0, 0.1) is 0 Å². The smallest absolute Gasteiger partial charge is 0.230 e. The maximum absolute atomic E-state index is 12.1. The molecule has 1 aromatic heterocycles. The predicted octanol–water partition coefficient (Wildman–Crippen LogP) is 1.77. The largest absolute Gasteiger partial charge is 0.497 e. The molecule has 144 valence electrons. The van der Waals surface area contributed by atoms with E-state index in [1.165, 1.54) is 11.8 Å². The quantitative estimate of drug-likeness (QED) is 0.546. The van der Waals surface area contributed by atoms with Crippen molar-refractivity contribution in [3.05, 3.63) is 42.2 Å². The summed E-state index contributed by atoms with van der Waals surface area (Å²) in [6.07, 6.45) is 2.34. The van der Waals surface area contributed by atoms with E-state index < -0.39 is 0 Å². The van der Waals surface area contributed by atoms with Crippen LogP contribution in [0.5, 0.6) is 5.75 Å². The van der Waals surface area contributed by atoms with Gasteiger partial charge in [0.2, 0.25) is 5.91 Å². The zero-order chi connectivity index (χ0) is 18.9. The predicted molar refractivity (Wildman–Crippen MR) is 105 cm³/mol. The maximum atomic E-state index is 12.1. The Morgan fingerprint density at radius 3 is 2.78 bits per heavy atom. The molecule has 0 atom stereocenters. The highest BCUT2D eigenvalue weighted by molar-refractivity contribution is 7.99. The molecule has 1 N–H and O–H groups in total. The highest BCUT2D eigenvalue weighted by atomic mass is 32.2. The number of anilines is 1. The van der Waals surface area contributed by atoms with Crippen LogP contribution >= 0.6 is 11.8 Å². The van der Waals surface area contributed by atoms with Gasteiger partial charge in [0.15, 0.2) is 0 Å². The molecule has 1 saturated heterocycles. The lowest BCUT2D eigenvalue weighted by Gasteiger charge is -2.27. The number of hydrogen-bond acceptors (Lipinski definition) is 7. The summed E-state index contributed by atoms with van der Waals surface area (Å²) in [5.41, 5.74) is 1.16. The average Bonchev–Trinajstić information content (AvgIpc) is 2.73. The van der Waals surface area contributed by atoms with Crippen LogP contribution in [-0.2, 0) is 16.0 Å². The number of amides is 1. The van der Waals surface area contributed by atoms with Crippen molar-refractivity contribution in [3.8, 4) is 5.75 Å². The number of carbonyl (C=O) groups is 1. The summed E-state index contributed by atoms with van der Waals surface area (Å²) in [6, 6.07) is 9.80. The van der Waals surface area contributed by atoms with Crippen LogP contribution in [0.1, 0.15) is 5.56 Å². The van der Waals surface area contributed by atoms with Gasteiger partial charge in [-0.1, -0.05) is 23.9 Å². The summed E-state index contributed by atoms with van der Waals surface area (Å²) >= 11 is 1.42. The zero-order valence-electron chi connectivity index (χ0n) is 15.4. The van der Waals surface area contributed by atoms with Crippen LogP contribution in [0.25, 0.3) is 0 Å². The standard InChI is InChI=1S/C19H24N4O3S/c1-25-16-4-2-15(3-5-16)6-7-20-18(24)13-27-19-12-17(21-14-22-19)23-8-10-26-11-9-23/h2-5,12,14H,6-11,13H2,1H3,(H,20,24). The molecule has 0 saturated carbocycles. The van der Waals surface area contributed by atoms with E-state index in [0.29, 0.717) is 25.5 Å². The van der Waals surface area contributed by atoms with E-state index in [-0.39, 0.29) is 5.91 Å². The van der Waals surface area contributed by atoms with Gasteiger partial charge < -0.3 is 19.7 Å². The van der Waals surface area contributed by atoms with Gasteiger partial charge in [0.05, 0.1) is 26.1 Å². The number of rotatable bonds is 8. The molecule has 0 aliphatic carbocycles. The number of benzene rings is 1. The van der Waals surface area contributed by atoms with Crippen molar-refractivity contribution in [2.45, 2.75) is 11.4 Å². The van der Waals surface area contributed by atoms with Gasteiger partial charge in [-0.15, -0.1) is 0 Å². The van der Waals surface area contributed by atoms with E-state index in [2.05, 4.69) is 20.2 Å². The minimum absolute atomic E-state index is 0.0000430. The lowest BCUT2D eigenvalue weighted by atomic mass is 10.1. The Morgan fingerprint density at radius 1 is 1.26 bits per heavy atom. The molecule has 2 aromatic rings. The van der Waals surface area contributed by atoms with Gasteiger partial charge >= 0.3 is 0 Å². The van der Waals surface area contributed by atoms with Gasteiger partial charge in [0.1, 0.15) is 22.9 Å². The Balaban J connectivity index is 1.40. The summed E-state index contributed by atoms with van der Waals surface area (Å²) in [7, 11) is 1.65. The van der Waals surface area contributed by atoms with E-state index in [9.17, 15) is 4.79 Å². The number of carbonyl (C=O) groups excluding carboxylic acids is 1. The van der Waals surface area contributed by atoms with Crippen molar-refractivity contribution >= 4 is 23.5 Å². The molecule has 1 aliphatic heterocycles. The minimum atomic E-state index is 0.0000430. The number of hydrogen-bond donors (Lipinski definition) is 1. The second kappa shape index (κ2) is 10.1. The van der Waals surface area contributed by atoms with E-state index in [1.807, 2.05) is 30.3 Å². The molecule has 2 heterocycles. The number of thioether (sulfide) groups is 1. The van der Waals surface area contributed by atoms with Crippen molar-refractivity contribution < 1.29 is 14.3 Å². The van der Waals surface area contributed by atoms with Gasteiger partial charge in [0.25, 0.3) is 0 Å². The molecule has 27 heavy (non-hydrogen) atoms. The molecular formula is C19H24N4O3S. The first-order valence-electron chi connectivity index (χ1n) is 8.92. The molecule has 1 aliphatic rings. The van der Waals surface area contributed by atoms with Gasteiger partial charge in [-0.2, -0.15) is 0 Å². The monoisotopic (exact) mass is 388 g/mol. The third-order valence-electron chi connectivity index (χ3n) is 4.21. The Hall–Kier alpha value is -2.32. The highest BCUT2D eigenvalue weighted by Crippen LogP contribution is 2.20. The fourth-order valence-electron chi connectivity index (χ4n) is 2.70. The Labute approximate surface area is 163 Å². The lowest BCUT2D eigenvalue weighted by Crippen LogP contribution is -2.36. The summed E-state index contributed by atoms with van der Waals surface area (Å²) in [6.45, 7) is 3.68.